The molecule has 0 radical (unpaired) electrons. The highest BCUT2D eigenvalue weighted by molar-refractivity contribution is 7.09. The number of likely N-dealkylation sites (N-methyl/N-ethyl adjacent to an activating group) is 1. The third-order valence-corrected chi connectivity index (χ3v) is 4.06. The number of ether oxygens (including phenoxy) is 1. The van der Waals surface area contributed by atoms with Crippen LogP contribution in [-0.2, 0) is 11.3 Å². The Labute approximate surface area is 129 Å². The Morgan fingerprint density at radius 3 is 2.52 bits per heavy atom. The molecule has 5 heteroatoms. The molecule has 0 aliphatic rings. The zero-order chi connectivity index (χ0) is 15.4. The Balaban J connectivity index is 1.92. The van der Waals surface area contributed by atoms with Crippen molar-refractivity contribution in [3.63, 3.8) is 0 Å². The van der Waals surface area contributed by atoms with Crippen molar-refractivity contribution in [3.05, 3.63) is 45.4 Å². The molecule has 112 valence electrons. The summed E-state index contributed by atoms with van der Waals surface area (Å²) >= 11 is 1.59. The maximum atomic E-state index is 12.1. The fourth-order valence-electron chi connectivity index (χ4n) is 2.08. The molecule has 1 heterocycles. The van der Waals surface area contributed by atoms with Gasteiger partial charge in [0, 0.05) is 12.4 Å². The molecule has 0 bridgehead atoms. The topological polar surface area (TPSA) is 42.4 Å². The molecule has 2 aromatic rings. The highest BCUT2D eigenvalue weighted by Crippen LogP contribution is 2.22. The van der Waals surface area contributed by atoms with E-state index in [0.29, 0.717) is 6.54 Å². The summed E-state index contributed by atoms with van der Waals surface area (Å²) in [7, 11) is 1.77. The van der Waals surface area contributed by atoms with Crippen LogP contribution in [0.2, 0.25) is 0 Å². The number of aromatic nitrogens is 1. The molecule has 0 aliphatic carbocycles. The molecule has 0 N–H and O–H groups in total. The average molecular weight is 304 g/mol. The van der Waals surface area contributed by atoms with Crippen LogP contribution in [0, 0.1) is 20.8 Å². The number of rotatable bonds is 5. The van der Waals surface area contributed by atoms with Crippen LogP contribution >= 0.6 is 11.3 Å². The maximum absolute atomic E-state index is 12.1. The van der Waals surface area contributed by atoms with E-state index in [1.165, 1.54) is 0 Å². The van der Waals surface area contributed by atoms with Crippen molar-refractivity contribution in [1.82, 2.24) is 9.88 Å². The van der Waals surface area contributed by atoms with Crippen LogP contribution in [0.15, 0.2) is 23.6 Å². The number of thiazole rings is 1. The van der Waals surface area contributed by atoms with Crippen molar-refractivity contribution in [2.45, 2.75) is 27.3 Å². The van der Waals surface area contributed by atoms with Crippen LogP contribution in [-0.4, -0.2) is 29.4 Å². The molecular formula is C16H20N2O2S. The Hall–Kier alpha value is -1.88. The summed E-state index contributed by atoms with van der Waals surface area (Å²) < 4.78 is 5.68. The van der Waals surface area contributed by atoms with E-state index in [9.17, 15) is 4.79 Å². The number of benzene rings is 1. The van der Waals surface area contributed by atoms with Crippen LogP contribution in [0.4, 0.5) is 0 Å². The van der Waals surface area contributed by atoms with Gasteiger partial charge < -0.3 is 9.64 Å². The number of carbonyl (C=O) groups excluding carboxylic acids is 1. The summed E-state index contributed by atoms with van der Waals surface area (Å²) in [6.07, 6.45) is 0. The van der Waals surface area contributed by atoms with Crippen molar-refractivity contribution in [3.8, 4) is 5.75 Å². The van der Waals surface area contributed by atoms with Gasteiger partial charge in [-0.2, -0.15) is 0 Å². The van der Waals surface area contributed by atoms with Gasteiger partial charge in [0.2, 0.25) is 0 Å². The van der Waals surface area contributed by atoms with Gasteiger partial charge in [-0.3, -0.25) is 4.79 Å². The van der Waals surface area contributed by atoms with E-state index in [2.05, 4.69) is 4.98 Å². The minimum Gasteiger partial charge on any atom is -0.483 e. The minimum atomic E-state index is -0.0525. The summed E-state index contributed by atoms with van der Waals surface area (Å²) in [5.74, 6) is 0.743. The molecule has 0 atom stereocenters. The van der Waals surface area contributed by atoms with Gasteiger partial charge in [-0.15, -0.1) is 11.3 Å². The third kappa shape index (κ3) is 4.04. The monoisotopic (exact) mass is 304 g/mol. The molecule has 21 heavy (non-hydrogen) atoms. The first-order valence-electron chi connectivity index (χ1n) is 6.81. The second-order valence-electron chi connectivity index (χ2n) is 5.12. The Morgan fingerprint density at radius 2 is 1.95 bits per heavy atom. The molecule has 0 aliphatic heterocycles. The molecular weight excluding hydrogens is 284 g/mol. The lowest BCUT2D eigenvalue weighted by Crippen LogP contribution is -2.31. The molecule has 0 fully saturated rings. The smallest absolute Gasteiger partial charge is 0.260 e. The molecule has 1 aromatic heterocycles. The van der Waals surface area contributed by atoms with E-state index < -0.39 is 0 Å². The number of hydrogen-bond donors (Lipinski definition) is 0. The number of nitrogens with zero attached hydrogens (tertiary/aromatic N) is 2. The largest absolute Gasteiger partial charge is 0.483 e. The summed E-state index contributed by atoms with van der Waals surface area (Å²) in [5, 5.41) is 2.99. The first-order valence-corrected chi connectivity index (χ1v) is 7.69. The third-order valence-electron chi connectivity index (χ3n) is 3.24. The van der Waals surface area contributed by atoms with Crippen molar-refractivity contribution < 1.29 is 9.53 Å². The molecule has 0 saturated heterocycles. The lowest BCUT2D eigenvalue weighted by Gasteiger charge is -2.17. The summed E-state index contributed by atoms with van der Waals surface area (Å²) in [5.41, 5.74) is 3.00. The van der Waals surface area contributed by atoms with Crippen molar-refractivity contribution >= 4 is 17.2 Å². The molecule has 1 amide bonds. The number of para-hydroxylation sites is 1. The van der Waals surface area contributed by atoms with Gasteiger partial charge >= 0.3 is 0 Å². The first kappa shape index (κ1) is 15.5. The van der Waals surface area contributed by atoms with E-state index in [1.54, 1.807) is 23.3 Å². The van der Waals surface area contributed by atoms with Gasteiger partial charge in [0.15, 0.2) is 6.61 Å². The molecule has 0 unspecified atom stereocenters. The second kappa shape index (κ2) is 6.72. The Bertz CT molecular complexity index is 617. The standard InChI is InChI=1S/C16H20N2O2S/c1-11-6-5-7-12(2)16(11)20-9-15(19)18(4)8-14-10-21-13(3)17-14/h5-7,10H,8-9H2,1-4H3. The Kier molecular flexibility index (Phi) is 4.96. The van der Waals surface area contributed by atoms with Gasteiger partial charge in [0.25, 0.3) is 5.91 Å². The van der Waals surface area contributed by atoms with Gasteiger partial charge in [-0.05, 0) is 31.9 Å². The predicted octanol–water partition coefficient (Wildman–Crippen LogP) is 3.11. The molecule has 0 saturated carbocycles. The lowest BCUT2D eigenvalue weighted by molar-refractivity contribution is -0.132. The van der Waals surface area contributed by atoms with Crippen LogP contribution in [0.5, 0.6) is 5.75 Å². The van der Waals surface area contributed by atoms with Gasteiger partial charge in [0.1, 0.15) is 5.75 Å². The normalized spacial score (nSPS) is 10.5. The quantitative estimate of drug-likeness (QED) is 0.852. The predicted molar refractivity (Wildman–Crippen MR) is 84.7 cm³/mol. The van der Waals surface area contributed by atoms with Gasteiger partial charge in [-0.25, -0.2) is 4.98 Å². The summed E-state index contributed by atoms with van der Waals surface area (Å²) in [6.45, 7) is 6.48. The van der Waals surface area contributed by atoms with Crippen LogP contribution < -0.4 is 4.74 Å². The summed E-state index contributed by atoms with van der Waals surface area (Å²) in [4.78, 5) is 18.1. The fraction of sp³-hybridized carbons (Fsp3) is 0.375. The summed E-state index contributed by atoms with van der Waals surface area (Å²) in [6, 6.07) is 5.94. The lowest BCUT2D eigenvalue weighted by atomic mass is 10.1. The average Bonchev–Trinajstić information content (AvgIpc) is 2.83. The van der Waals surface area contributed by atoms with Crippen LogP contribution in [0.25, 0.3) is 0 Å². The molecule has 0 spiro atoms. The number of hydrogen-bond acceptors (Lipinski definition) is 4. The molecule has 1 aromatic carbocycles. The SMILES string of the molecule is Cc1nc(CN(C)C(=O)COc2c(C)cccc2C)cs1. The van der Waals surface area contributed by atoms with E-state index in [4.69, 9.17) is 4.74 Å². The Morgan fingerprint density at radius 1 is 1.29 bits per heavy atom. The zero-order valence-electron chi connectivity index (χ0n) is 12.8. The van der Waals surface area contributed by atoms with E-state index in [1.807, 2.05) is 44.4 Å². The molecule has 2 rings (SSSR count). The van der Waals surface area contributed by atoms with E-state index in [0.717, 1.165) is 27.6 Å². The number of aryl methyl sites for hydroxylation is 3. The maximum Gasteiger partial charge on any atom is 0.260 e. The second-order valence-corrected chi connectivity index (χ2v) is 6.18. The van der Waals surface area contributed by atoms with Gasteiger partial charge in [-0.1, -0.05) is 18.2 Å². The fourth-order valence-corrected chi connectivity index (χ4v) is 2.69. The van der Waals surface area contributed by atoms with E-state index in [-0.39, 0.29) is 12.5 Å². The van der Waals surface area contributed by atoms with Crippen LogP contribution in [0.3, 0.4) is 0 Å². The van der Waals surface area contributed by atoms with Crippen molar-refractivity contribution in [1.29, 1.82) is 0 Å². The van der Waals surface area contributed by atoms with Gasteiger partial charge in [0.05, 0.1) is 17.2 Å². The van der Waals surface area contributed by atoms with Crippen LogP contribution in [0.1, 0.15) is 21.8 Å². The highest BCUT2D eigenvalue weighted by Gasteiger charge is 2.13. The highest BCUT2D eigenvalue weighted by atomic mass is 32.1. The number of carbonyl (C=O) groups is 1. The minimum absolute atomic E-state index is 0.0469. The number of amides is 1. The van der Waals surface area contributed by atoms with E-state index >= 15 is 0 Å². The van der Waals surface area contributed by atoms with Crippen molar-refractivity contribution in [2.75, 3.05) is 13.7 Å². The first-order chi connectivity index (χ1) is 9.97. The zero-order valence-corrected chi connectivity index (χ0v) is 13.7. The molecule has 4 nitrogen and oxygen atoms in total. The van der Waals surface area contributed by atoms with Crippen molar-refractivity contribution in [2.24, 2.45) is 0 Å².